The first kappa shape index (κ1) is 9.67. The molecular formula is C2H5Br3. The van der Waals surface area contributed by atoms with Gasteiger partial charge in [0.15, 0.2) is 0 Å². The van der Waals surface area contributed by atoms with Gasteiger partial charge in [-0.15, -0.1) is 0 Å². The van der Waals surface area contributed by atoms with Crippen molar-refractivity contribution in [1.29, 1.82) is 0 Å². The van der Waals surface area contributed by atoms with Crippen LogP contribution in [0.15, 0.2) is 0 Å². The molecule has 0 fully saturated rings. The van der Waals surface area contributed by atoms with Crippen molar-refractivity contribution in [3.8, 4) is 0 Å². The Bertz CT molecular complexity index is 4.85. The van der Waals surface area contributed by atoms with E-state index in [1.54, 1.807) is 0 Å². The first-order valence-electron chi connectivity index (χ1n) is 0.912. The van der Waals surface area contributed by atoms with Gasteiger partial charge in [-0.25, -0.2) is 0 Å². The Kier molecular flexibility index (Phi) is 34.8. The number of rotatable bonds is 0. The van der Waals surface area contributed by atoms with E-state index in [2.05, 4.69) is 47.8 Å². The molecule has 0 aliphatic heterocycles. The Balaban J connectivity index is 0. The number of hydrogen-bond acceptors (Lipinski definition) is 0. The highest BCUT2D eigenvalue weighted by Gasteiger charge is 1.41. The minimum Gasteiger partial charge on any atom is -0.0966 e. The van der Waals surface area contributed by atoms with Crippen LogP contribution in [0.25, 0.3) is 0 Å². The summed E-state index contributed by atoms with van der Waals surface area (Å²) in [6, 6.07) is 0. The zero-order chi connectivity index (χ0) is 4.71. The van der Waals surface area contributed by atoms with Gasteiger partial charge in [0.05, 0.1) is 4.24 Å². The van der Waals surface area contributed by atoms with Crippen LogP contribution in [0.3, 0.4) is 0 Å². The number of alkyl halides is 3. The zero-order valence-electron chi connectivity index (χ0n) is 2.84. The van der Waals surface area contributed by atoms with Gasteiger partial charge in [-0.3, -0.25) is 0 Å². The molecule has 0 radical (unpaired) electrons. The van der Waals surface area contributed by atoms with Gasteiger partial charge in [-0.1, -0.05) is 47.8 Å². The van der Waals surface area contributed by atoms with E-state index >= 15 is 0 Å². The number of hydrogen-bond donors (Lipinski definition) is 0. The van der Waals surface area contributed by atoms with Crippen LogP contribution in [0.4, 0.5) is 0 Å². The average molecular weight is 269 g/mol. The van der Waals surface area contributed by atoms with Gasteiger partial charge >= 0.3 is 0 Å². The smallest absolute Gasteiger partial charge is 0.0588 e. The summed E-state index contributed by atoms with van der Waals surface area (Å²) in [4.78, 5) is 0. The second-order valence-electron chi connectivity index (χ2n) is 0.101. The molecule has 5 heavy (non-hydrogen) atoms. The molecule has 3 heteroatoms. The number of halogens is 3. The van der Waals surface area contributed by atoms with Gasteiger partial charge < -0.3 is 0 Å². The minimum atomic E-state index is 0.875. The third-order valence-corrected chi connectivity index (χ3v) is 0. The van der Waals surface area contributed by atoms with Gasteiger partial charge in [0.2, 0.25) is 0 Å². The van der Waals surface area contributed by atoms with Crippen LogP contribution in [0.2, 0.25) is 0 Å². The maximum Gasteiger partial charge on any atom is 0.0588 e. The summed E-state index contributed by atoms with van der Waals surface area (Å²) in [5.74, 6) is 1.81. The third kappa shape index (κ3) is 31.0. The fourth-order valence-corrected chi connectivity index (χ4v) is 0. The van der Waals surface area contributed by atoms with E-state index in [4.69, 9.17) is 0 Å². The van der Waals surface area contributed by atoms with Crippen LogP contribution >= 0.6 is 47.8 Å². The predicted octanol–water partition coefficient (Wildman–Crippen LogP) is 2.74. The second kappa shape index (κ2) is 18.0. The fraction of sp³-hybridized carbons (Fsp3) is 1.00. The maximum absolute atomic E-state index is 3.06. The standard InChI is InChI=1S/CH2Br2.CH3Br/c2-1-3;1-2/h1H2;1H3. The van der Waals surface area contributed by atoms with Crippen molar-refractivity contribution >= 4 is 47.8 Å². The Hall–Kier alpha value is 1.44. The monoisotopic (exact) mass is 266 g/mol. The largest absolute Gasteiger partial charge is 0.0966 e. The summed E-state index contributed by atoms with van der Waals surface area (Å²) in [5.41, 5.74) is 0. The lowest BCUT2D eigenvalue weighted by Crippen LogP contribution is -1.19. The van der Waals surface area contributed by atoms with Gasteiger partial charge in [-0.2, -0.15) is 0 Å². The molecule has 0 aliphatic carbocycles. The summed E-state index contributed by atoms with van der Waals surface area (Å²) in [6.45, 7) is 0. The van der Waals surface area contributed by atoms with E-state index in [0.717, 1.165) is 4.24 Å². The summed E-state index contributed by atoms with van der Waals surface area (Å²) in [6.07, 6.45) is 0. The van der Waals surface area contributed by atoms with Gasteiger partial charge in [-0.05, 0) is 5.83 Å². The van der Waals surface area contributed by atoms with E-state index in [-0.39, 0.29) is 0 Å². The molecule has 0 rings (SSSR count). The predicted molar refractivity (Wildman–Crippen MR) is 37.6 cm³/mol. The SMILES string of the molecule is BrCBr.CBr. The molecule has 0 atom stereocenters. The molecule has 0 aromatic rings. The van der Waals surface area contributed by atoms with E-state index in [1.165, 1.54) is 0 Å². The van der Waals surface area contributed by atoms with Crippen LogP contribution in [-0.4, -0.2) is 10.1 Å². The van der Waals surface area contributed by atoms with Crippen molar-refractivity contribution in [2.75, 3.05) is 10.1 Å². The van der Waals surface area contributed by atoms with Crippen molar-refractivity contribution < 1.29 is 0 Å². The highest BCUT2D eigenvalue weighted by Crippen LogP contribution is 1.83. The van der Waals surface area contributed by atoms with Crippen LogP contribution in [0.5, 0.6) is 0 Å². The molecule has 0 heterocycles. The minimum absolute atomic E-state index is 0.875. The zero-order valence-corrected chi connectivity index (χ0v) is 7.60. The molecule has 0 aromatic heterocycles. The van der Waals surface area contributed by atoms with Crippen LogP contribution < -0.4 is 0 Å². The van der Waals surface area contributed by atoms with E-state index in [9.17, 15) is 0 Å². The first-order valence-corrected chi connectivity index (χ1v) is 4.74. The lowest BCUT2D eigenvalue weighted by Gasteiger charge is -1.43. The molecule has 0 aromatic carbocycles. The normalized spacial score (nSPS) is 4.80. The lowest BCUT2D eigenvalue weighted by molar-refractivity contribution is 2.44. The van der Waals surface area contributed by atoms with Crippen molar-refractivity contribution in [1.82, 2.24) is 0 Å². The molecule has 0 saturated heterocycles. The second-order valence-corrected chi connectivity index (χ2v) is 2.73. The molecule has 0 amide bonds. The Morgan fingerprint density at radius 3 is 1.20 bits per heavy atom. The maximum atomic E-state index is 3.06. The Labute approximate surface area is 57.7 Å². The van der Waals surface area contributed by atoms with Gasteiger partial charge in [0.1, 0.15) is 0 Å². The molecule has 0 bridgehead atoms. The van der Waals surface area contributed by atoms with E-state index in [0.29, 0.717) is 0 Å². The molecule has 0 nitrogen and oxygen atoms in total. The topological polar surface area (TPSA) is 0 Å². The summed E-state index contributed by atoms with van der Waals surface area (Å²) < 4.78 is 0.875. The highest BCUT2D eigenvalue weighted by atomic mass is 79.9. The fourth-order valence-electron chi connectivity index (χ4n) is 0. The Morgan fingerprint density at radius 1 is 1.20 bits per heavy atom. The molecule has 0 aliphatic rings. The molecule has 34 valence electrons. The van der Waals surface area contributed by atoms with Crippen molar-refractivity contribution in [2.45, 2.75) is 0 Å². The third-order valence-electron chi connectivity index (χ3n) is 0. The van der Waals surface area contributed by atoms with E-state index in [1.807, 2.05) is 5.83 Å². The molecule has 0 saturated carbocycles. The summed E-state index contributed by atoms with van der Waals surface area (Å²) in [5, 5.41) is 0. The summed E-state index contributed by atoms with van der Waals surface area (Å²) >= 11 is 9.06. The van der Waals surface area contributed by atoms with Crippen LogP contribution in [0, 0.1) is 0 Å². The quantitative estimate of drug-likeness (QED) is 0.593. The average Bonchev–Trinajstić information content (AvgIpc) is 1.46. The van der Waals surface area contributed by atoms with Gasteiger partial charge in [0, 0.05) is 0 Å². The van der Waals surface area contributed by atoms with Crippen molar-refractivity contribution in [3.05, 3.63) is 0 Å². The van der Waals surface area contributed by atoms with Crippen LogP contribution in [-0.2, 0) is 0 Å². The first-order chi connectivity index (χ1) is 2.41. The highest BCUT2D eigenvalue weighted by molar-refractivity contribution is 9.24. The lowest BCUT2D eigenvalue weighted by atomic mass is 12.0. The van der Waals surface area contributed by atoms with Crippen molar-refractivity contribution in [2.24, 2.45) is 0 Å². The van der Waals surface area contributed by atoms with E-state index < -0.39 is 0 Å². The van der Waals surface area contributed by atoms with Crippen molar-refractivity contribution in [3.63, 3.8) is 0 Å². The van der Waals surface area contributed by atoms with Crippen LogP contribution in [0.1, 0.15) is 0 Å². The Morgan fingerprint density at radius 2 is 1.20 bits per heavy atom. The van der Waals surface area contributed by atoms with Gasteiger partial charge in [0.25, 0.3) is 0 Å². The summed E-state index contributed by atoms with van der Waals surface area (Å²) in [7, 11) is 0. The molecule has 0 spiro atoms. The molecule has 0 N–H and O–H groups in total. The molecule has 0 unspecified atom stereocenters. The molecular weight excluding hydrogens is 264 g/mol.